The fraction of sp³-hybridized carbons (Fsp3) is 0.263. The minimum Gasteiger partial charge on any atom is -0.490 e. The first kappa shape index (κ1) is 17.4. The highest BCUT2D eigenvalue weighted by Crippen LogP contribution is 2.29. The molecule has 5 nitrogen and oxygen atoms in total. The second kappa shape index (κ2) is 8.59. The molecule has 2 rings (SSSR count). The Morgan fingerprint density at radius 2 is 2.08 bits per heavy atom. The zero-order chi connectivity index (χ0) is 17.4. The molecule has 0 saturated carbocycles. The Bertz CT molecular complexity index is 754. The number of ketones is 1. The van der Waals surface area contributed by atoms with Gasteiger partial charge in [-0.2, -0.15) is 5.26 Å². The molecule has 0 amide bonds. The van der Waals surface area contributed by atoms with Crippen molar-refractivity contribution in [2.75, 3.05) is 13.2 Å². The molecule has 2 aromatic rings. The summed E-state index contributed by atoms with van der Waals surface area (Å²) in [5.74, 6) is 0.914. The monoisotopic (exact) mass is 325 g/mol. The number of allylic oxidation sites excluding steroid dienone is 1. The number of furan rings is 1. The second-order valence-corrected chi connectivity index (χ2v) is 4.96. The Labute approximate surface area is 141 Å². The largest absolute Gasteiger partial charge is 0.490 e. The Morgan fingerprint density at radius 1 is 1.25 bits per heavy atom. The average Bonchev–Trinajstić information content (AvgIpc) is 3.13. The minimum absolute atomic E-state index is 0.00498. The van der Waals surface area contributed by atoms with Crippen LogP contribution < -0.4 is 9.47 Å². The highest BCUT2D eigenvalue weighted by Gasteiger charge is 2.15. The van der Waals surface area contributed by atoms with E-state index in [-0.39, 0.29) is 11.3 Å². The van der Waals surface area contributed by atoms with Crippen LogP contribution in [0.2, 0.25) is 0 Å². The average molecular weight is 325 g/mol. The van der Waals surface area contributed by atoms with Crippen molar-refractivity contribution in [2.24, 2.45) is 0 Å². The molecule has 1 aromatic carbocycles. The fourth-order valence-electron chi connectivity index (χ4n) is 2.07. The van der Waals surface area contributed by atoms with Crippen molar-refractivity contribution in [1.29, 1.82) is 5.26 Å². The number of hydrogen-bond acceptors (Lipinski definition) is 5. The molecular formula is C19H19NO4. The van der Waals surface area contributed by atoms with E-state index in [1.807, 2.05) is 19.9 Å². The van der Waals surface area contributed by atoms with Gasteiger partial charge in [0.1, 0.15) is 11.6 Å². The third-order valence-electron chi connectivity index (χ3n) is 3.15. The molecule has 0 aliphatic carbocycles. The first-order valence-electron chi connectivity index (χ1n) is 7.79. The summed E-state index contributed by atoms with van der Waals surface area (Å²) in [7, 11) is 0. The minimum atomic E-state index is -0.452. The van der Waals surface area contributed by atoms with Crippen LogP contribution in [0.4, 0.5) is 0 Å². The summed E-state index contributed by atoms with van der Waals surface area (Å²) in [4.78, 5) is 12.2. The molecule has 124 valence electrons. The number of carbonyl (C=O) groups excluding carboxylic acids is 1. The molecule has 5 heteroatoms. The van der Waals surface area contributed by atoms with E-state index in [0.29, 0.717) is 30.3 Å². The van der Waals surface area contributed by atoms with Crippen LogP contribution in [0.15, 0.2) is 46.6 Å². The van der Waals surface area contributed by atoms with Crippen molar-refractivity contribution in [3.63, 3.8) is 0 Å². The van der Waals surface area contributed by atoms with Gasteiger partial charge < -0.3 is 13.9 Å². The van der Waals surface area contributed by atoms with E-state index in [1.165, 1.54) is 18.4 Å². The maximum absolute atomic E-state index is 12.2. The van der Waals surface area contributed by atoms with Gasteiger partial charge in [-0.3, -0.25) is 4.79 Å². The fourth-order valence-corrected chi connectivity index (χ4v) is 2.07. The van der Waals surface area contributed by atoms with Gasteiger partial charge in [-0.15, -0.1) is 0 Å². The van der Waals surface area contributed by atoms with E-state index >= 15 is 0 Å². The Balaban J connectivity index is 2.31. The van der Waals surface area contributed by atoms with Gasteiger partial charge in [0, 0.05) is 0 Å². The van der Waals surface area contributed by atoms with Crippen molar-refractivity contribution in [2.45, 2.75) is 20.3 Å². The van der Waals surface area contributed by atoms with Gasteiger partial charge >= 0.3 is 0 Å². The quantitative estimate of drug-likeness (QED) is 0.412. The van der Waals surface area contributed by atoms with Crippen molar-refractivity contribution in [1.82, 2.24) is 0 Å². The lowest BCUT2D eigenvalue weighted by atomic mass is 10.1. The summed E-state index contributed by atoms with van der Waals surface area (Å²) in [5.41, 5.74) is 0.674. The van der Waals surface area contributed by atoms with Gasteiger partial charge in [0.25, 0.3) is 0 Å². The van der Waals surface area contributed by atoms with Crippen molar-refractivity contribution >= 4 is 11.9 Å². The lowest BCUT2D eigenvalue weighted by Gasteiger charge is -2.12. The van der Waals surface area contributed by atoms with E-state index in [0.717, 1.165) is 6.42 Å². The number of nitriles is 1. The highest BCUT2D eigenvalue weighted by atomic mass is 16.5. The summed E-state index contributed by atoms with van der Waals surface area (Å²) in [5, 5.41) is 9.26. The van der Waals surface area contributed by atoms with Crippen LogP contribution in [0, 0.1) is 11.3 Å². The van der Waals surface area contributed by atoms with E-state index in [4.69, 9.17) is 13.9 Å². The number of ether oxygens (including phenoxy) is 2. The van der Waals surface area contributed by atoms with Gasteiger partial charge in [0.2, 0.25) is 5.78 Å². The van der Waals surface area contributed by atoms with Crippen molar-refractivity contribution in [3.05, 3.63) is 53.5 Å². The second-order valence-electron chi connectivity index (χ2n) is 4.96. The van der Waals surface area contributed by atoms with Crippen molar-refractivity contribution in [3.8, 4) is 17.6 Å². The SMILES string of the molecule is CCCOc1ccc(/C=C(\C#N)C(=O)c2ccco2)cc1OCC. The van der Waals surface area contributed by atoms with E-state index in [9.17, 15) is 10.1 Å². The Kier molecular flexibility index (Phi) is 6.21. The summed E-state index contributed by atoms with van der Waals surface area (Å²) < 4.78 is 16.3. The maximum Gasteiger partial charge on any atom is 0.238 e. The molecule has 1 heterocycles. The molecule has 0 bridgehead atoms. The zero-order valence-corrected chi connectivity index (χ0v) is 13.7. The van der Waals surface area contributed by atoms with Crippen LogP contribution in [-0.2, 0) is 0 Å². The number of Topliss-reactive ketones (excluding diaryl/α,β-unsaturated/α-hetero) is 1. The molecule has 1 aromatic heterocycles. The van der Waals surface area contributed by atoms with Crippen molar-refractivity contribution < 1.29 is 18.7 Å². The predicted octanol–water partition coefficient (Wildman–Crippen LogP) is 4.26. The zero-order valence-electron chi connectivity index (χ0n) is 13.7. The van der Waals surface area contributed by atoms with E-state index in [2.05, 4.69) is 0 Å². The van der Waals surface area contributed by atoms with Gasteiger partial charge in [0.05, 0.1) is 19.5 Å². The van der Waals surface area contributed by atoms with Gasteiger partial charge in [-0.25, -0.2) is 0 Å². The number of carbonyl (C=O) groups is 1. The number of benzene rings is 1. The molecule has 0 N–H and O–H groups in total. The van der Waals surface area contributed by atoms with Crippen LogP contribution in [0.5, 0.6) is 11.5 Å². The topological polar surface area (TPSA) is 72.5 Å². The number of nitrogens with zero attached hydrogens (tertiary/aromatic N) is 1. The standard InChI is InChI=1S/C19H19NO4/c1-3-9-23-16-8-7-14(12-18(16)22-4-2)11-15(13-20)19(21)17-6-5-10-24-17/h5-8,10-12H,3-4,9H2,1-2H3/b15-11+. The normalized spacial score (nSPS) is 11.0. The molecule has 0 unspecified atom stereocenters. The van der Waals surface area contributed by atoms with Gasteiger partial charge in [-0.1, -0.05) is 13.0 Å². The first-order chi connectivity index (χ1) is 11.7. The maximum atomic E-state index is 12.2. The number of hydrogen-bond donors (Lipinski definition) is 0. The van der Waals surface area contributed by atoms with E-state index in [1.54, 1.807) is 24.3 Å². The van der Waals surface area contributed by atoms with Crippen LogP contribution in [0.3, 0.4) is 0 Å². The van der Waals surface area contributed by atoms with E-state index < -0.39 is 5.78 Å². The predicted molar refractivity (Wildman–Crippen MR) is 90.0 cm³/mol. The first-order valence-corrected chi connectivity index (χ1v) is 7.79. The molecule has 0 saturated heterocycles. The molecule has 24 heavy (non-hydrogen) atoms. The molecule has 0 atom stereocenters. The van der Waals surface area contributed by atoms with Crippen LogP contribution >= 0.6 is 0 Å². The molecule has 0 aliphatic heterocycles. The molecule has 0 radical (unpaired) electrons. The van der Waals surface area contributed by atoms with Gasteiger partial charge in [0.15, 0.2) is 17.3 Å². The summed E-state index contributed by atoms with van der Waals surface area (Å²) in [6.07, 6.45) is 3.80. The lowest BCUT2D eigenvalue weighted by Crippen LogP contribution is -2.01. The smallest absolute Gasteiger partial charge is 0.238 e. The van der Waals surface area contributed by atoms with Crippen LogP contribution in [0.1, 0.15) is 36.4 Å². The Morgan fingerprint density at radius 3 is 2.71 bits per heavy atom. The Hall–Kier alpha value is -3.00. The number of rotatable bonds is 8. The highest BCUT2D eigenvalue weighted by molar-refractivity contribution is 6.12. The molecule has 0 spiro atoms. The molecule has 0 aliphatic rings. The molecule has 0 fully saturated rings. The molecular weight excluding hydrogens is 306 g/mol. The van der Waals surface area contributed by atoms with Gasteiger partial charge in [-0.05, 0) is 49.2 Å². The summed E-state index contributed by atoms with van der Waals surface area (Å²) in [6, 6.07) is 10.4. The van der Waals surface area contributed by atoms with Crippen LogP contribution in [0.25, 0.3) is 6.08 Å². The third kappa shape index (κ3) is 4.26. The van der Waals surface area contributed by atoms with Crippen LogP contribution in [-0.4, -0.2) is 19.0 Å². The summed E-state index contributed by atoms with van der Waals surface area (Å²) in [6.45, 7) is 4.99. The third-order valence-corrected chi connectivity index (χ3v) is 3.15. The lowest BCUT2D eigenvalue weighted by molar-refractivity contribution is 0.101. The summed E-state index contributed by atoms with van der Waals surface area (Å²) >= 11 is 0.